The van der Waals surface area contributed by atoms with Gasteiger partial charge in [0.1, 0.15) is 0 Å². The topological polar surface area (TPSA) is 104 Å². The number of aryl methyl sites for hydroxylation is 1. The minimum Gasteiger partial charge on any atom is -0.493 e. The molecule has 0 bridgehead atoms. The Labute approximate surface area is 197 Å². The van der Waals surface area contributed by atoms with E-state index >= 15 is 0 Å². The van der Waals surface area contributed by atoms with E-state index in [2.05, 4.69) is 10.1 Å². The molecular formula is C25H27N3O6. The minimum absolute atomic E-state index is 0.0112. The molecular weight excluding hydrogens is 438 g/mol. The van der Waals surface area contributed by atoms with Gasteiger partial charge in [-0.3, -0.25) is 9.59 Å². The van der Waals surface area contributed by atoms with Gasteiger partial charge in [-0.05, 0) is 50.1 Å². The fourth-order valence-corrected chi connectivity index (χ4v) is 4.06. The molecule has 1 amide bonds. The van der Waals surface area contributed by atoms with E-state index in [4.69, 9.17) is 18.7 Å². The number of fused-ring (bicyclic) bond motifs is 1. The first-order valence-corrected chi connectivity index (χ1v) is 11.1. The van der Waals surface area contributed by atoms with Gasteiger partial charge >= 0.3 is 5.97 Å². The number of para-hydroxylation sites is 1. The molecule has 9 nitrogen and oxygen atoms in total. The Morgan fingerprint density at radius 3 is 2.68 bits per heavy atom. The zero-order chi connectivity index (χ0) is 24.2. The summed E-state index contributed by atoms with van der Waals surface area (Å²) < 4.78 is 21.2. The summed E-state index contributed by atoms with van der Waals surface area (Å²) in [5, 5.41) is 3.97. The molecule has 0 radical (unpaired) electrons. The van der Waals surface area contributed by atoms with Gasteiger partial charge in [0.2, 0.25) is 11.7 Å². The van der Waals surface area contributed by atoms with Gasteiger partial charge in [0.05, 0.1) is 20.6 Å². The molecule has 34 heavy (non-hydrogen) atoms. The number of carbonyl (C=O) groups excluding carboxylic acids is 2. The molecule has 2 atom stereocenters. The molecule has 0 N–H and O–H groups in total. The SMILES string of the molecule is COc1ccc(-c2noc(CCC(=O)O[C@@H](C)C(=O)N3c4ccccc4C[C@@H]3C)n2)cc1OC. The summed E-state index contributed by atoms with van der Waals surface area (Å²) in [4.78, 5) is 31.4. The van der Waals surface area contributed by atoms with Gasteiger partial charge in [0.25, 0.3) is 5.91 Å². The molecule has 2 aromatic carbocycles. The fraction of sp³-hybridized carbons (Fsp3) is 0.360. The van der Waals surface area contributed by atoms with Crippen LogP contribution in [-0.2, 0) is 27.2 Å². The van der Waals surface area contributed by atoms with Crippen molar-refractivity contribution in [2.24, 2.45) is 0 Å². The molecule has 3 aromatic rings. The number of benzene rings is 2. The van der Waals surface area contributed by atoms with Crippen LogP contribution in [0.2, 0.25) is 0 Å². The van der Waals surface area contributed by atoms with Crippen LogP contribution in [0.25, 0.3) is 11.4 Å². The maximum absolute atomic E-state index is 13.0. The Morgan fingerprint density at radius 1 is 1.15 bits per heavy atom. The number of aromatic nitrogens is 2. The third-order valence-electron chi connectivity index (χ3n) is 5.75. The molecule has 2 heterocycles. The lowest BCUT2D eigenvalue weighted by atomic mass is 10.1. The molecule has 178 valence electrons. The van der Waals surface area contributed by atoms with Gasteiger partial charge in [-0.1, -0.05) is 23.4 Å². The molecule has 0 spiro atoms. The molecule has 4 rings (SSSR count). The second-order valence-electron chi connectivity index (χ2n) is 8.10. The van der Waals surface area contributed by atoms with Crippen molar-refractivity contribution in [1.29, 1.82) is 0 Å². The van der Waals surface area contributed by atoms with E-state index < -0.39 is 12.1 Å². The van der Waals surface area contributed by atoms with Crippen LogP contribution in [-0.4, -0.2) is 48.4 Å². The lowest BCUT2D eigenvalue weighted by molar-refractivity contribution is -0.154. The number of nitrogens with zero attached hydrogens (tertiary/aromatic N) is 3. The standard InChI is InChI=1S/C25H27N3O6/c1-15-13-17-7-5-6-8-19(17)28(15)25(30)16(2)33-23(29)12-11-22-26-24(27-34-22)18-9-10-20(31-3)21(14-18)32-4/h5-10,14-16H,11-13H2,1-4H3/t15-,16-/m0/s1. The lowest BCUT2D eigenvalue weighted by Gasteiger charge is -2.25. The lowest BCUT2D eigenvalue weighted by Crippen LogP contribution is -2.43. The highest BCUT2D eigenvalue weighted by atomic mass is 16.5. The van der Waals surface area contributed by atoms with Crippen LogP contribution >= 0.6 is 0 Å². The fourth-order valence-electron chi connectivity index (χ4n) is 4.06. The number of amides is 1. The first-order chi connectivity index (χ1) is 16.4. The first-order valence-electron chi connectivity index (χ1n) is 11.1. The highest BCUT2D eigenvalue weighted by molar-refractivity contribution is 5.99. The summed E-state index contributed by atoms with van der Waals surface area (Å²) in [6, 6.07) is 13.1. The van der Waals surface area contributed by atoms with Crippen molar-refractivity contribution in [3.63, 3.8) is 0 Å². The number of carbonyl (C=O) groups is 2. The van der Waals surface area contributed by atoms with Gasteiger partial charge in [-0.2, -0.15) is 4.98 Å². The highest BCUT2D eigenvalue weighted by Crippen LogP contribution is 2.33. The van der Waals surface area contributed by atoms with Crippen LogP contribution < -0.4 is 14.4 Å². The van der Waals surface area contributed by atoms with Crippen LogP contribution in [0.1, 0.15) is 31.7 Å². The number of ether oxygens (including phenoxy) is 3. The minimum atomic E-state index is -0.897. The van der Waals surface area contributed by atoms with E-state index in [0.717, 1.165) is 17.7 Å². The Hall–Kier alpha value is -3.88. The number of hydrogen-bond acceptors (Lipinski definition) is 8. The Kier molecular flexibility index (Phi) is 6.81. The molecule has 9 heteroatoms. The van der Waals surface area contributed by atoms with Gasteiger partial charge < -0.3 is 23.6 Å². The largest absolute Gasteiger partial charge is 0.493 e. The summed E-state index contributed by atoms with van der Waals surface area (Å²) in [6.45, 7) is 3.58. The van der Waals surface area contributed by atoms with Crippen molar-refractivity contribution in [3.05, 3.63) is 53.9 Å². The maximum Gasteiger partial charge on any atom is 0.307 e. The number of rotatable bonds is 8. The number of esters is 1. The predicted octanol–water partition coefficient (Wildman–Crippen LogP) is 3.60. The van der Waals surface area contributed by atoms with Gasteiger partial charge in [-0.15, -0.1) is 0 Å². The summed E-state index contributed by atoms with van der Waals surface area (Å²) in [5.41, 5.74) is 2.68. The molecule has 0 fully saturated rings. The molecule has 0 unspecified atom stereocenters. The van der Waals surface area contributed by atoms with E-state index in [-0.39, 0.29) is 24.8 Å². The van der Waals surface area contributed by atoms with E-state index in [0.29, 0.717) is 28.8 Å². The zero-order valence-electron chi connectivity index (χ0n) is 19.6. The van der Waals surface area contributed by atoms with E-state index in [1.165, 1.54) is 0 Å². The van der Waals surface area contributed by atoms with Crippen molar-refractivity contribution >= 4 is 17.6 Å². The third-order valence-corrected chi connectivity index (χ3v) is 5.75. The van der Waals surface area contributed by atoms with Crippen LogP contribution in [0.5, 0.6) is 11.5 Å². The summed E-state index contributed by atoms with van der Waals surface area (Å²) in [6.07, 6.45) is 0.0914. The molecule has 0 aliphatic carbocycles. The number of methoxy groups -OCH3 is 2. The molecule has 1 aliphatic rings. The third kappa shape index (κ3) is 4.73. The molecule has 1 aliphatic heterocycles. The van der Waals surface area contributed by atoms with Crippen molar-refractivity contribution < 1.29 is 28.3 Å². The molecule has 1 aromatic heterocycles. The van der Waals surface area contributed by atoms with Gasteiger partial charge in [0, 0.05) is 23.7 Å². The predicted molar refractivity (Wildman–Crippen MR) is 124 cm³/mol. The van der Waals surface area contributed by atoms with Crippen LogP contribution in [0, 0.1) is 0 Å². The number of anilines is 1. The van der Waals surface area contributed by atoms with Gasteiger partial charge in [-0.25, -0.2) is 0 Å². The van der Waals surface area contributed by atoms with Crippen molar-refractivity contribution in [2.45, 2.75) is 45.3 Å². The summed E-state index contributed by atoms with van der Waals surface area (Å²) >= 11 is 0. The van der Waals surface area contributed by atoms with E-state index in [9.17, 15) is 9.59 Å². The summed E-state index contributed by atoms with van der Waals surface area (Å²) in [7, 11) is 3.10. The average Bonchev–Trinajstić information content (AvgIpc) is 3.45. The second-order valence-corrected chi connectivity index (χ2v) is 8.10. The summed E-state index contributed by atoms with van der Waals surface area (Å²) in [5.74, 6) is 1.06. The monoisotopic (exact) mass is 465 g/mol. The molecule has 0 saturated heterocycles. The Balaban J connectivity index is 1.33. The number of hydrogen-bond donors (Lipinski definition) is 0. The van der Waals surface area contributed by atoms with E-state index in [1.807, 2.05) is 31.2 Å². The second kappa shape index (κ2) is 9.94. The van der Waals surface area contributed by atoms with Gasteiger partial charge in [0.15, 0.2) is 17.6 Å². The maximum atomic E-state index is 13.0. The highest BCUT2D eigenvalue weighted by Gasteiger charge is 2.34. The van der Waals surface area contributed by atoms with Crippen LogP contribution in [0.15, 0.2) is 47.0 Å². The Bertz CT molecular complexity index is 1190. The van der Waals surface area contributed by atoms with Crippen molar-refractivity contribution in [3.8, 4) is 22.9 Å². The van der Waals surface area contributed by atoms with Crippen molar-refractivity contribution in [1.82, 2.24) is 10.1 Å². The smallest absolute Gasteiger partial charge is 0.307 e. The van der Waals surface area contributed by atoms with Crippen LogP contribution in [0.4, 0.5) is 5.69 Å². The average molecular weight is 466 g/mol. The quantitative estimate of drug-likeness (QED) is 0.465. The van der Waals surface area contributed by atoms with Crippen molar-refractivity contribution in [2.75, 3.05) is 19.1 Å². The normalized spacial score (nSPS) is 15.5. The first kappa shape index (κ1) is 23.3. The van der Waals surface area contributed by atoms with Crippen LogP contribution in [0.3, 0.4) is 0 Å². The Morgan fingerprint density at radius 2 is 1.91 bits per heavy atom. The van der Waals surface area contributed by atoms with E-state index in [1.54, 1.807) is 44.2 Å². The molecule has 0 saturated carbocycles. The zero-order valence-corrected chi connectivity index (χ0v) is 19.6.